The van der Waals surface area contributed by atoms with Gasteiger partial charge in [0, 0.05) is 50.4 Å². The quantitative estimate of drug-likeness (QED) is 0.507. The second kappa shape index (κ2) is 14.0. The molecule has 1 aliphatic carbocycles. The van der Waals surface area contributed by atoms with Gasteiger partial charge in [0.25, 0.3) is 12.4 Å². The van der Waals surface area contributed by atoms with Crippen LogP contribution in [0.4, 0.5) is 20.3 Å². The lowest BCUT2D eigenvalue weighted by atomic mass is 9.85. The van der Waals surface area contributed by atoms with E-state index in [1.165, 1.54) is 37.7 Å². The number of aryl methyl sites for hydroxylation is 1. The van der Waals surface area contributed by atoms with Crippen molar-refractivity contribution in [1.29, 1.82) is 0 Å². The lowest BCUT2D eigenvalue weighted by Crippen LogP contribution is -2.40. The Balaban J connectivity index is 0.000000758. The van der Waals surface area contributed by atoms with Crippen molar-refractivity contribution in [2.24, 2.45) is 0 Å². The number of aromatic nitrogens is 3. The van der Waals surface area contributed by atoms with E-state index in [0.29, 0.717) is 19.0 Å². The van der Waals surface area contributed by atoms with Crippen molar-refractivity contribution in [1.82, 2.24) is 19.7 Å². The first-order valence-electron chi connectivity index (χ1n) is 12.3. The molecule has 3 heterocycles. The molecule has 2 aliphatic rings. The van der Waals surface area contributed by atoms with Gasteiger partial charge in [-0.15, -0.1) is 0 Å². The minimum Gasteiger partial charge on any atom is -0.483 e. The summed E-state index contributed by atoms with van der Waals surface area (Å²) in [6, 6.07) is 1.99. The maximum Gasteiger partial charge on any atom is 0.290 e. The molecule has 1 saturated heterocycles. The number of nitrogens with one attached hydrogen (secondary N) is 1. The Hall–Kier alpha value is -2.55. The highest BCUT2D eigenvalue weighted by molar-refractivity contribution is 5.62. The van der Waals surface area contributed by atoms with Crippen molar-refractivity contribution in [3.8, 4) is 0 Å². The third kappa shape index (κ3) is 8.34. The topological polar surface area (TPSA) is 83.3 Å². The zero-order chi connectivity index (χ0) is 25.0. The van der Waals surface area contributed by atoms with Gasteiger partial charge in [0.05, 0.1) is 18.4 Å². The van der Waals surface area contributed by atoms with E-state index >= 15 is 0 Å². The van der Waals surface area contributed by atoms with E-state index in [1.807, 2.05) is 30.8 Å². The maximum absolute atomic E-state index is 13.4. The van der Waals surface area contributed by atoms with Crippen molar-refractivity contribution >= 4 is 18.0 Å². The maximum atomic E-state index is 13.4. The van der Waals surface area contributed by atoms with E-state index in [0.717, 1.165) is 30.2 Å². The third-order valence-electron chi connectivity index (χ3n) is 6.36. The first kappa shape index (κ1) is 27.7. The number of alkyl halides is 2. The van der Waals surface area contributed by atoms with E-state index in [-0.39, 0.29) is 19.3 Å². The van der Waals surface area contributed by atoms with Gasteiger partial charge in [-0.3, -0.25) is 14.5 Å². The van der Waals surface area contributed by atoms with Crippen LogP contribution in [0.2, 0.25) is 0 Å². The number of carbonyl (C=O) groups is 1. The SMILES string of the molecule is CC.Cc1ccncc1Nc1nn(CCN2CCC(F)(F)CC2)cc1C1CCCCC1.O=CO. The Morgan fingerprint density at radius 3 is 2.44 bits per heavy atom. The van der Waals surface area contributed by atoms with Gasteiger partial charge in [0.2, 0.25) is 0 Å². The van der Waals surface area contributed by atoms with E-state index in [9.17, 15) is 8.78 Å². The second-order valence-electron chi connectivity index (χ2n) is 8.65. The van der Waals surface area contributed by atoms with Crippen molar-refractivity contribution in [3.63, 3.8) is 0 Å². The van der Waals surface area contributed by atoms with Crippen molar-refractivity contribution in [2.75, 3.05) is 25.0 Å². The Bertz CT molecular complexity index is 859. The highest BCUT2D eigenvalue weighted by atomic mass is 19.3. The number of likely N-dealkylation sites (tertiary alicyclic amines) is 1. The van der Waals surface area contributed by atoms with E-state index in [4.69, 9.17) is 15.0 Å². The number of rotatable bonds is 6. The summed E-state index contributed by atoms with van der Waals surface area (Å²) in [6.45, 7) is 8.22. The number of pyridine rings is 1. The number of hydrogen-bond acceptors (Lipinski definition) is 5. The molecule has 0 amide bonds. The van der Waals surface area contributed by atoms with Crippen LogP contribution in [0.25, 0.3) is 0 Å². The van der Waals surface area contributed by atoms with Gasteiger partial charge < -0.3 is 15.3 Å². The summed E-state index contributed by atoms with van der Waals surface area (Å²) in [4.78, 5) is 14.7. The molecule has 4 rings (SSSR count). The third-order valence-corrected chi connectivity index (χ3v) is 6.36. The molecule has 0 aromatic carbocycles. The van der Waals surface area contributed by atoms with Gasteiger partial charge in [-0.25, -0.2) is 8.78 Å². The van der Waals surface area contributed by atoms with Crippen LogP contribution in [0.3, 0.4) is 0 Å². The summed E-state index contributed by atoms with van der Waals surface area (Å²) in [7, 11) is 0. The molecule has 0 spiro atoms. The molecule has 7 nitrogen and oxygen atoms in total. The summed E-state index contributed by atoms with van der Waals surface area (Å²) < 4.78 is 28.8. The van der Waals surface area contributed by atoms with Crippen LogP contribution in [0.1, 0.15) is 75.8 Å². The molecule has 2 N–H and O–H groups in total. The Morgan fingerprint density at radius 1 is 1.18 bits per heavy atom. The number of hydrogen-bond donors (Lipinski definition) is 2. The molecular weight excluding hydrogens is 440 g/mol. The van der Waals surface area contributed by atoms with E-state index in [1.54, 1.807) is 6.20 Å². The molecule has 0 radical (unpaired) electrons. The summed E-state index contributed by atoms with van der Waals surface area (Å²) >= 11 is 0. The zero-order valence-corrected chi connectivity index (χ0v) is 20.6. The predicted octanol–water partition coefficient (Wildman–Crippen LogP) is 5.84. The fourth-order valence-electron chi connectivity index (χ4n) is 4.43. The molecule has 0 bridgehead atoms. The van der Waals surface area contributed by atoms with E-state index in [2.05, 4.69) is 28.3 Å². The van der Waals surface area contributed by atoms with Crippen LogP contribution in [-0.2, 0) is 11.3 Å². The molecule has 2 aromatic heterocycles. The number of anilines is 2. The van der Waals surface area contributed by atoms with Gasteiger partial charge >= 0.3 is 0 Å². The van der Waals surface area contributed by atoms with Gasteiger partial charge in [0.1, 0.15) is 0 Å². The van der Waals surface area contributed by atoms with Gasteiger partial charge in [-0.2, -0.15) is 5.10 Å². The second-order valence-corrected chi connectivity index (χ2v) is 8.65. The molecule has 0 atom stereocenters. The van der Waals surface area contributed by atoms with Crippen molar-refractivity contribution < 1.29 is 18.7 Å². The molecular formula is C25H39F2N5O2. The molecule has 1 saturated carbocycles. The first-order chi connectivity index (χ1) is 16.4. The molecule has 34 heavy (non-hydrogen) atoms. The molecule has 9 heteroatoms. The molecule has 190 valence electrons. The summed E-state index contributed by atoms with van der Waals surface area (Å²) in [6.07, 6.45) is 12.0. The zero-order valence-electron chi connectivity index (χ0n) is 20.6. The molecule has 0 unspecified atom stereocenters. The van der Waals surface area contributed by atoms with Crippen LogP contribution in [0.15, 0.2) is 24.7 Å². The highest BCUT2D eigenvalue weighted by Crippen LogP contribution is 2.37. The fourth-order valence-corrected chi connectivity index (χ4v) is 4.43. The average Bonchev–Trinajstić information content (AvgIpc) is 3.25. The normalized spacial score (nSPS) is 18.1. The predicted molar refractivity (Wildman–Crippen MR) is 131 cm³/mol. The average molecular weight is 480 g/mol. The monoisotopic (exact) mass is 479 g/mol. The van der Waals surface area contributed by atoms with Gasteiger partial charge in [-0.1, -0.05) is 33.1 Å². The largest absolute Gasteiger partial charge is 0.483 e. The first-order valence-corrected chi connectivity index (χ1v) is 12.3. The smallest absolute Gasteiger partial charge is 0.290 e. The number of piperidine rings is 1. The highest BCUT2D eigenvalue weighted by Gasteiger charge is 2.33. The molecule has 1 aliphatic heterocycles. The van der Waals surface area contributed by atoms with E-state index < -0.39 is 5.92 Å². The number of nitrogens with zero attached hydrogens (tertiary/aromatic N) is 4. The summed E-state index contributed by atoms with van der Waals surface area (Å²) in [5.74, 6) is -1.04. The summed E-state index contributed by atoms with van der Waals surface area (Å²) in [5, 5.41) is 15.2. The van der Waals surface area contributed by atoms with Crippen LogP contribution in [0.5, 0.6) is 0 Å². The van der Waals surface area contributed by atoms with Crippen molar-refractivity contribution in [2.45, 2.75) is 84.1 Å². The minimum absolute atomic E-state index is 0.0352. The molecule has 2 aromatic rings. The summed E-state index contributed by atoms with van der Waals surface area (Å²) in [5.41, 5.74) is 3.39. The van der Waals surface area contributed by atoms with Crippen LogP contribution >= 0.6 is 0 Å². The Morgan fingerprint density at radius 2 is 1.82 bits per heavy atom. The lowest BCUT2D eigenvalue weighted by molar-refractivity contribution is -0.122. The van der Waals surface area contributed by atoms with Crippen LogP contribution < -0.4 is 5.32 Å². The van der Waals surface area contributed by atoms with Crippen LogP contribution in [0, 0.1) is 6.92 Å². The fraction of sp³-hybridized carbons (Fsp3) is 0.640. The Kier molecular flexibility index (Phi) is 11.4. The molecule has 2 fully saturated rings. The Labute approximate surface area is 201 Å². The van der Waals surface area contributed by atoms with Crippen molar-refractivity contribution in [3.05, 3.63) is 35.8 Å². The minimum atomic E-state index is -2.49. The lowest BCUT2D eigenvalue weighted by Gasteiger charge is -2.31. The number of carboxylic acid groups (broad SMARTS) is 1. The standard InChI is InChI=1S/C22H31F2N5.C2H6.CH2O2/c1-17-7-10-25-15-20(17)26-21-19(18-5-3-2-4-6-18)16-29(27-21)14-13-28-11-8-22(23,24)9-12-28;1-2;2-1-3/h7,10,15-16,18H,2-6,8-9,11-14H2,1H3,(H,26,27);1-2H3;1H,(H,2,3). The van der Waals surface area contributed by atoms with Crippen LogP contribution in [-0.4, -0.2) is 56.8 Å². The van der Waals surface area contributed by atoms with Gasteiger partial charge in [0.15, 0.2) is 5.82 Å². The van der Waals surface area contributed by atoms with Gasteiger partial charge in [-0.05, 0) is 37.3 Å². The number of halogens is 2.